The minimum Gasteiger partial charge on any atom is -0.396 e. The Labute approximate surface area is 110 Å². The minimum absolute atomic E-state index is 0.318. The number of hydrogen-bond acceptors (Lipinski definition) is 3. The Hall–Kier alpha value is -1.06. The van der Waals surface area contributed by atoms with Crippen molar-refractivity contribution in [1.29, 1.82) is 0 Å². The van der Waals surface area contributed by atoms with Crippen molar-refractivity contribution in [3.05, 3.63) is 29.3 Å². The molecule has 0 aliphatic carbocycles. The largest absolute Gasteiger partial charge is 0.396 e. The van der Waals surface area contributed by atoms with Crippen molar-refractivity contribution in [2.45, 2.75) is 26.3 Å². The number of nitrogens with zero attached hydrogens (tertiary/aromatic N) is 1. The van der Waals surface area contributed by atoms with E-state index < -0.39 is 0 Å². The maximum absolute atomic E-state index is 9.01. The maximum atomic E-state index is 9.01. The second kappa shape index (κ2) is 6.21. The van der Waals surface area contributed by atoms with Crippen LogP contribution in [0.2, 0.25) is 0 Å². The van der Waals surface area contributed by atoms with E-state index in [4.69, 9.17) is 5.11 Å². The van der Waals surface area contributed by atoms with Gasteiger partial charge in [0.15, 0.2) is 0 Å². The van der Waals surface area contributed by atoms with E-state index in [0.717, 1.165) is 26.1 Å². The lowest BCUT2D eigenvalue weighted by Gasteiger charge is -2.21. The van der Waals surface area contributed by atoms with Crippen molar-refractivity contribution in [3.63, 3.8) is 0 Å². The molecule has 1 aliphatic heterocycles. The van der Waals surface area contributed by atoms with Crippen LogP contribution in [0.3, 0.4) is 0 Å². The number of hydrogen-bond donors (Lipinski definition) is 2. The molecule has 2 rings (SSSR count). The molecular weight excluding hydrogens is 224 g/mol. The first kappa shape index (κ1) is 13.4. The van der Waals surface area contributed by atoms with E-state index in [1.807, 2.05) is 7.05 Å². The van der Waals surface area contributed by atoms with Crippen LogP contribution in [-0.2, 0) is 6.54 Å². The van der Waals surface area contributed by atoms with Gasteiger partial charge in [0.05, 0.1) is 0 Å². The molecule has 18 heavy (non-hydrogen) atoms. The first-order valence-electron chi connectivity index (χ1n) is 6.84. The smallest absolute Gasteiger partial charge is 0.0434 e. The molecule has 0 radical (unpaired) electrons. The van der Waals surface area contributed by atoms with E-state index in [1.54, 1.807) is 0 Å². The van der Waals surface area contributed by atoms with Crippen molar-refractivity contribution >= 4 is 5.69 Å². The first-order chi connectivity index (χ1) is 8.74. The Morgan fingerprint density at radius 3 is 2.94 bits per heavy atom. The number of benzene rings is 1. The molecule has 2 N–H and O–H groups in total. The summed E-state index contributed by atoms with van der Waals surface area (Å²) < 4.78 is 0. The quantitative estimate of drug-likeness (QED) is 0.835. The predicted molar refractivity (Wildman–Crippen MR) is 76.0 cm³/mol. The normalized spacial score (nSPS) is 19.5. The molecule has 1 saturated heterocycles. The lowest BCUT2D eigenvalue weighted by atomic mass is 10.1. The van der Waals surface area contributed by atoms with Gasteiger partial charge in [-0.05, 0) is 49.9 Å². The van der Waals surface area contributed by atoms with Gasteiger partial charge in [-0.3, -0.25) is 0 Å². The molecule has 1 aromatic carbocycles. The zero-order valence-electron chi connectivity index (χ0n) is 11.4. The third kappa shape index (κ3) is 3.03. The maximum Gasteiger partial charge on any atom is 0.0434 e. The van der Waals surface area contributed by atoms with Gasteiger partial charge in [0.25, 0.3) is 0 Å². The molecule has 0 bridgehead atoms. The number of aryl methyl sites for hydroxylation is 1. The van der Waals surface area contributed by atoms with Crippen molar-refractivity contribution in [3.8, 4) is 0 Å². The summed E-state index contributed by atoms with van der Waals surface area (Å²) in [7, 11) is 1.98. The van der Waals surface area contributed by atoms with E-state index in [9.17, 15) is 0 Å². The fourth-order valence-corrected chi connectivity index (χ4v) is 2.86. The Morgan fingerprint density at radius 1 is 1.44 bits per heavy atom. The molecule has 3 nitrogen and oxygen atoms in total. The van der Waals surface area contributed by atoms with E-state index in [-0.39, 0.29) is 0 Å². The predicted octanol–water partition coefficient (Wildman–Crippen LogP) is 1.92. The molecule has 1 heterocycles. The van der Waals surface area contributed by atoms with Crippen molar-refractivity contribution in [1.82, 2.24) is 5.32 Å². The fourth-order valence-electron chi connectivity index (χ4n) is 2.86. The van der Waals surface area contributed by atoms with E-state index in [1.165, 1.54) is 23.2 Å². The molecule has 1 aromatic rings. The summed E-state index contributed by atoms with van der Waals surface area (Å²) in [5, 5.41) is 12.2. The summed E-state index contributed by atoms with van der Waals surface area (Å²) in [5.41, 5.74) is 4.05. The Balaban J connectivity index is 2.05. The number of nitrogens with one attached hydrogen (secondary N) is 1. The lowest BCUT2D eigenvalue weighted by molar-refractivity contribution is 0.263. The van der Waals surface area contributed by atoms with Gasteiger partial charge >= 0.3 is 0 Å². The third-order valence-electron chi connectivity index (χ3n) is 3.81. The molecule has 100 valence electrons. The Kier molecular flexibility index (Phi) is 4.61. The van der Waals surface area contributed by atoms with Gasteiger partial charge in [0.2, 0.25) is 0 Å². The van der Waals surface area contributed by atoms with Crippen molar-refractivity contribution < 1.29 is 5.11 Å². The van der Waals surface area contributed by atoms with Crippen LogP contribution in [0.4, 0.5) is 5.69 Å². The SMILES string of the molecule is CNCc1ccc(N2CCC(CCO)C2)c(C)c1. The molecule has 1 fully saturated rings. The molecule has 1 aliphatic rings. The molecular formula is C15H24N2O. The highest BCUT2D eigenvalue weighted by molar-refractivity contribution is 5.55. The Bertz CT molecular complexity index is 392. The Morgan fingerprint density at radius 2 is 2.28 bits per heavy atom. The highest BCUT2D eigenvalue weighted by Crippen LogP contribution is 2.28. The fraction of sp³-hybridized carbons (Fsp3) is 0.600. The average molecular weight is 248 g/mol. The van der Waals surface area contributed by atoms with Crippen LogP contribution in [0.5, 0.6) is 0 Å². The van der Waals surface area contributed by atoms with Crippen molar-refractivity contribution in [2.24, 2.45) is 5.92 Å². The van der Waals surface area contributed by atoms with Gasteiger partial charge in [-0.2, -0.15) is 0 Å². The van der Waals surface area contributed by atoms with Crippen LogP contribution in [0.25, 0.3) is 0 Å². The summed E-state index contributed by atoms with van der Waals surface area (Å²) in [6, 6.07) is 6.72. The molecule has 3 heteroatoms. The second-order valence-corrected chi connectivity index (χ2v) is 5.26. The van der Waals surface area contributed by atoms with E-state index >= 15 is 0 Å². The summed E-state index contributed by atoms with van der Waals surface area (Å²) in [4.78, 5) is 2.46. The highest BCUT2D eigenvalue weighted by Gasteiger charge is 2.22. The molecule has 1 unspecified atom stereocenters. The van der Waals surface area contributed by atoms with Crippen LogP contribution >= 0.6 is 0 Å². The zero-order chi connectivity index (χ0) is 13.0. The molecule has 1 atom stereocenters. The number of aliphatic hydroxyl groups is 1. The molecule has 0 spiro atoms. The minimum atomic E-state index is 0.318. The summed E-state index contributed by atoms with van der Waals surface area (Å²) in [6.45, 7) is 5.64. The molecule has 0 saturated carbocycles. The lowest BCUT2D eigenvalue weighted by Crippen LogP contribution is -2.21. The first-order valence-corrected chi connectivity index (χ1v) is 6.84. The monoisotopic (exact) mass is 248 g/mol. The van der Waals surface area contributed by atoms with Gasteiger partial charge in [-0.25, -0.2) is 0 Å². The van der Waals surface area contributed by atoms with Crippen LogP contribution in [0, 0.1) is 12.8 Å². The van der Waals surface area contributed by atoms with Crippen molar-refractivity contribution in [2.75, 3.05) is 31.6 Å². The van der Waals surface area contributed by atoms with Crippen LogP contribution in [-0.4, -0.2) is 31.9 Å². The number of anilines is 1. The van der Waals surface area contributed by atoms with Crippen LogP contribution < -0.4 is 10.2 Å². The molecule has 0 aromatic heterocycles. The average Bonchev–Trinajstić information content (AvgIpc) is 2.78. The van der Waals surface area contributed by atoms with Gasteiger partial charge in [0.1, 0.15) is 0 Å². The van der Waals surface area contributed by atoms with Gasteiger partial charge in [-0.1, -0.05) is 12.1 Å². The summed E-state index contributed by atoms with van der Waals surface area (Å²) in [6.07, 6.45) is 2.14. The zero-order valence-corrected chi connectivity index (χ0v) is 11.4. The van der Waals surface area contributed by atoms with E-state index in [0.29, 0.717) is 12.5 Å². The highest BCUT2D eigenvalue weighted by atomic mass is 16.3. The molecule has 0 amide bonds. The topological polar surface area (TPSA) is 35.5 Å². The number of aliphatic hydroxyl groups excluding tert-OH is 1. The number of rotatable bonds is 5. The van der Waals surface area contributed by atoms with Crippen LogP contribution in [0.15, 0.2) is 18.2 Å². The van der Waals surface area contributed by atoms with Crippen LogP contribution in [0.1, 0.15) is 24.0 Å². The van der Waals surface area contributed by atoms with Gasteiger partial charge in [-0.15, -0.1) is 0 Å². The summed E-state index contributed by atoms with van der Waals surface area (Å²) in [5.74, 6) is 0.659. The second-order valence-electron chi connectivity index (χ2n) is 5.26. The van der Waals surface area contributed by atoms with Gasteiger partial charge in [0, 0.05) is 31.9 Å². The summed E-state index contributed by atoms with van der Waals surface area (Å²) >= 11 is 0. The third-order valence-corrected chi connectivity index (χ3v) is 3.81. The standard InChI is InChI=1S/C15H24N2O/c1-12-9-14(10-16-2)3-4-15(12)17-7-5-13(11-17)6-8-18/h3-4,9,13,16,18H,5-8,10-11H2,1-2H3. The van der Waals surface area contributed by atoms with E-state index in [2.05, 4.69) is 35.3 Å². The van der Waals surface area contributed by atoms with Gasteiger partial charge < -0.3 is 15.3 Å².